The van der Waals surface area contributed by atoms with Gasteiger partial charge in [-0.05, 0) is 12.1 Å². The number of carbonyl (C=O) groups excluding carboxylic acids is 2. The first-order chi connectivity index (χ1) is 8.99. The van der Waals surface area contributed by atoms with Crippen molar-refractivity contribution in [3.8, 4) is 11.5 Å². The molecule has 0 aliphatic heterocycles. The van der Waals surface area contributed by atoms with Crippen LogP contribution in [0.2, 0.25) is 0 Å². The normalized spacial score (nSPS) is 11.5. The Hall–Kier alpha value is -1.51. The van der Waals surface area contributed by atoms with Crippen LogP contribution >= 0.6 is 22.6 Å². The summed E-state index contributed by atoms with van der Waals surface area (Å²) in [4.78, 5) is 23.0. The van der Waals surface area contributed by atoms with E-state index in [1.807, 2.05) is 22.6 Å². The van der Waals surface area contributed by atoms with Crippen LogP contribution in [-0.2, 0) is 9.53 Å². The fourth-order valence-corrected chi connectivity index (χ4v) is 1.79. The Kier molecular flexibility index (Phi) is 5.87. The van der Waals surface area contributed by atoms with Gasteiger partial charge in [0.25, 0.3) is 5.91 Å². The molecule has 104 valence electrons. The highest BCUT2D eigenvalue weighted by atomic mass is 127. The SMILES string of the molecule is COC(=O)C(I)CNC(=O)c1ccc(OC)cc1O. The molecule has 1 atom stereocenters. The van der Waals surface area contributed by atoms with E-state index < -0.39 is 15.8 Å². The Morgan fingerprint density at radius 3 is 2.63 bits per heavy atom. The second-order valence-electron chi connectivity index (χ2n) is 3.58. The lowest BCUT2D eigenvalue weighted by Gasteiger charge is -2.10. The summed E-state index contributed by atoms with van der Waals surface area (Å²) in [6.07, 6.45) is 0. The van der Waals surface area contributed by atoms with E-state index >= 15 is 0 Å². The van der Waals surface area contributed by atoms with Gasteiger partial charge in [0.2, 0.25) is 0 Å². The number of phenolic OH excluding ortho intramolecular Hbond substituents is 1. The van der Waals surface area contributed by atoms with E-state index in [-0.39, 0.29) is 17.9 Å². The molecule has 19 heavy (non-hydrogen) atoms. The molecule has 0 aliphatic rings. The maximum atomic E-state index is 11.8. The van der Waals surface area contributed by atoms with Gasteiger partial charge < -0.3 is 19.9 Å². The van der Waals surface area contributed by atoms with E-state index in [1.165, 1.54) is 26.4 Å². The number of halogens is 1. The third-order valence-electron chi connectivity index (χ3n) is 2.35. The number of nitrogens with one attached hydrogen (secondary N) is 1. The van der Waals surface area contributed by atoms with Gasteiger partial charge in [0.15, 0.2) is 0 Å². The molecule has 0 aromatic heterocycles. The summed E-state index contributed by atoms with van der Waals surface area (Å²) in [5.41, 5.74) is 0.120. The van der Waals surface area contributed by atoms with Gasteiger partial charge in [-0.3, -0.25) is 9.59 Å². The van der Waals surface area contributed by atoms with E-state index in [1.54, 1.807) is 6.07 Å². The summed E-state index contributed by atoms with van der Waals surface area (Å²) < 4.78 is 8.98. The summed E-state index contributed by atoms with van der Waals surface area (Å²) >= 11 is 1.87. The Bertz CT molecular complexity index is 477. The molecule has 0 heterocycles. The smallest absolute Gasteiger partial charge is 0.320 e. The first kappa shape index (κ1) is 15.5. The number of hydrogen-bond donors (Lipinski definition) is 2. The molecule has 7 heteroatoms. The Labute approximate surface area is 124 Å². The first-order valence-corrected chi connectivity index (χ1v) is 6.61. The van der Waals surface area contributed by atoms with Crippen molar-refractivity contribution in [2.24, 2.45) is 0 Å². The minimum atomic E-state index is -0.480. The number of aromatic hydroxyl groups is 1. The van der Waals surface area contributed by atoms with Crippen LogP contribution in [0, 0.1) is 0 Å². The third kappa shape index (κ3) is 4.27. The lowest BCUT2D eigenvalue weighted by Crippen LogP contribution is -2.33. The van der Waals surface area contributed by atoms with Crippen molar-refractivity contribution in [1.29, 1.82) is 0 Å². The molecule has 0 aliphatic carbocycles. The van der Waals surface area contributed by atoms with Gasteiger partial charge in [0.1, 0.15) is 15.4 Å². The molecule has 0 saturated carbocycles. The van der Waals surface area contributed by atoms with E-state index in [0.29, 0.717) is 5.75 Å². The van der Waals surface area contributed by atoms with Crippen LogP contribution in [0.15, 0.2) is 18.2 Å². The van der Waals surface area contributed by atoms with Gasteiger partial charge in [0, 0.05) is 12.6 Å². The molecular formula is C12H14INO5. The number of benzene rings is 1. The molecule has 1 rings (SSSR count). The Morgan fingerprint density at radius 1 is 1.42 bits per heavy atom. The fourth-order valence-electron chi connectivity index (χ4n) is 1.32. The number of methoxy groups -OCH3 is 2. The number of amides is 1. The number of rotatable bonds is 5. The number of phenols is 1. The Balaban J connectivity index is 2.66. The molecule has 1 amide bonds. The lowest BCUT2D eigenvalue weighted by molar-refractivity contribution is -0.139. The molecule has 1 aromatic carbocycles. The van der Waals surface area contributed by atoms with Gasteiger partial charge in [-0.25, -0.2) is 0 Å². The molecule has 2 N–H and O–H groups in total. The predicted octanol–water partition coefficient (Wildman–Crippen LogP) is 1.11. The van der Waals surface area contributed by atoms with Gasteiger partial charge in [-0.15, -0.1) is 0 Å². The van der Waals surface area contributed by atoms with Crippen molar-refractivity contribution in [3.63, 3.8) is 0 Å². The largest absolute Gasteiger partial charge is 0.507 e. The summed E-state index contributed by atoms with van der Waals surface area (Å²) in [7, 11) is 2.75. The van der Waals surface area contributed by atoms with Crippen LogP contribution in [0.3, 0.4) is 0 Å². The Morgan fingerprint density at radius 2 is 2.11 bits per heavy atom. The highest BCUT2D eigenvalue weighted by molar-refractivity contribution is 14.1. The maximum absolute atomic E-state index is 11.8. The van der Waals surface area contributed by atoms with Crippen molar-refractivity contribution in [1.82, 2.24) is 5.32 Å². The standard InChI is InChI=1S/C12H14INO5/c1-18-7-3-4-8(10(15)5-7)11(16)14-6-9(13)12(17)19-2/h3-5,9,15H,6H2,1-2H3,(H,14,16). The summed E-state index contributed by atoms with van der Waals surface area (Å²) in [6, 6.07) is 4.36. The zero-order valence-corrected chi connectivity index (χ0v) is 12.6. The van der Waals surface area contributed by atoms with Crippen molar-refractivity contribution in [3.05, 3.63) is 23.8 Å². The van der Waals surface area contributed by atoms with Crippen molar-refractivity contribution >= 4 is 34.5 Å². The number of hydrogen-bond acceptors (Lipinski definition) is 5. The topological polar surface area (TPSA) is 84.9 Å². The van der Waals surface area contributed by atoms with Crippen molar-refractivity contribution in [2.45, 2.75) is 3.92 Å². The molecule has 1 aromatic rings. The van der Waals surface area contributed by atoms with Gasteiger partial charge in [-0.2, -0.15) is 0 Å². The molecule has 1 unspecified atom stereocenters. The molecule has 6 nitrogen and oxygen atoms in total. The minimum Gasteiger partial charge on any atom is -0.507 e. The average Bonchev–Trinajstić information content (AvgIpc) is 2.43. The number of esters is 1. The second-order valence-corrected chi connectivity index (χ2v) is 5.09. The minimum absolute atomic E-state index is 0.120. The second kappa shape index (κ2) is 7.17. The molecule has 0 spiro atoms. The van der Waals surface area contributed by atoms with Crippen LogP contribution in [-0.4, -0.2) is 41.7 Å². The lowest BCUT2D eigenvalue weighted by atomic mass is 10.2. The molecule has 0 bridgehead atoms. The van der Waals surface area contributed by atoms with Crippen LogP contribution in [0.5, 0.6) is 11.5 Å². The average molecular weight is 379 g/mol. The van der Waals surface area contributed by atoms with Crippen molar-refractivity contribution < 1.29 is 24.2 Å². The van der Waals surface area contributed by atoms with Crippen LogP contribution in [0.25, 0.3) is 0 Å². The van der Waals surface area contributed by atoms with Gasteiger partial charge in [-0.1, -0.05) is 22.6 Å². The first-order valence-electron chi connectivity index (χ1n) is 5.36. The van der Waals surface area contributed by atoms with Crippen LogP contribution in [0.1, 0.15) is 10.4 Å². The zero-order chi connectivity index (χ0) is 14.4. The van der Waals surface area contributed by atoms with Crippen molar-refractivity contribution in [2.75, 3.05) is 20.8 Å². The van der Waals surface area contributed by atoms with E-state index in [2.05, 4.69) is 10.1 Å². The highest BCUT2D eigenvalue weighted by Crippen LogP contribution is 2.23. The number of alkyl halides is 1. The van der Waals surface area contributed by atoms with Crippen LogP contribution < -0.4 is 10.1 Å². The monoisotopic (exact) mass is 379 g/mol. The quantitative estimate of drug-likeness (QED) is 0.455. The molecule has 0 radical (unpaired) electrons. The molecular weight excluding hydrogens is 365 g/mol. The predicted molar refractivity (Wildman–Crippen MR) is 76.8 cm³/mol. The maximum Gasteiger partial charge on any atom is 0.320 e. The number of ether oxygens (including phenoxy) is 2. The number of carbonyl (C=O) groups is 2. The van der Waals surface area contributed by atoms with Crippen LogP contribution in [0.4, 0.5) is 0 Å². The highest BCUT2D eigenvalue weighted by Gasteiger charge is 2.18. The van der Waals surface area contributed by atoms with Gasteiger partial charge in [0.05, 0.1) is 19.8 Å². The van der Waals surface area contributed by atoms with E-state index in [9.17, 15) is 14.7 Å². The van der Waals surface area contributed by atoms with E-state index in [4.69, 9.17) is 4.74 Å². The fraction of sp³-hybridized carbons (Fsp3) is 0.333. The summed E-state index contributed by atoms with van der Waals surface area (Å²) in [6.45, 7) is 0.123. The molecule has 0 saturated heterocycles. The van der Waals surface area contributed by atoms with E-state index in [0.717, 1.165) is 0 Å². The summed E-state index contributed by atoms with van der Waals surface area (Å²) in [5.74, 6) is -0.610. The molecule has 0 fully saturated rings. The third-order valence-corrected chi connectivity index (χ3v) is 3.30. The summed E-state index contributed by atoms with van der Waals surface area (Å²) in [5, 5.41) is 12.2. The zero-order valence-electron chi connectivity index (χ0n) is 10.5. The van der Waals surface area contributed by atoms with Gasteiger partial charge >= 0.3 is 5.97 Å².